The Morgan fingerprint density at radius 1 is 1.22 bits per heavy atom. The minimum Gasteiger partial charge on any atom is -0.379 e. The van der Waals surface area contributed by atoms with E-state index in [1.54, 1.807) is 0 Å². The minimum absolute atomic E-state index is 0.193. The molecule has 2 aliphatic heterocycles. The van der Waals surface area contributed by atoms with E-state index >= 15 is 0 Å². The second kappa shape index (κ2) is 6.99. The van der Waals surface area contributed by atoms with Crippen LogP contribution in [0, 0.1) is 6.92 Å². The van der Waals surface area contributed by atoms with E-state index in [-0.39, 0.29) is 11.9 Å². The van der Waals surface area contributed by atoms with Crippen LogP contribution in [0.5, 0.6) is 0 Å². The molecule has 2 fully saturated rings. The van der Waals surface area contributed by atoms with Crippen LogP contribution in [0.25, 0.3) is 0 Å². The predicted molar refractivity (Wildman–Crippen MR) is 90.4 cm³/mol. The van der Waals surface area contributed by atoms with Crippen molar-refractivity contribution in [2.24, 2.45) is 0 Å². The van der Waals surface area contributed by atoms with Gasteiger partial charge in [-0.3, -0.25) is 14.6 Å². The topological polar surface area (TPSA) is 36.0 Å². The number of morpholine rings is 1. The molecule has 0 N–H and O–H groups in total. The lowest BCUT2D eigenvalue weighted by Crippen LogP contribution is -2.64. The van der Waals surface area contributed by atoms with Gasteiger partial charge >= 0.3 is 0 Å². The Morgan fingerprint density at radius 3 is 2.48 bits per heavy atom. The first kappa shape index (κ1) is 16.4. The Bertz CT molecular complexity index is 549. The van der Waals surface area contributed by atoms with Crippen molar-refractivity contribution < 1.29 is 9.53 Å². The molecule has 5 nitrogen and oxygen atoms in total. The van der Waals surface area contributed by atoms with Gasteiger partial charge in [0.05, 0.1) is 13.2 Å². The number of aryl methyl sites for hydroxylation is 1. The number of likely N-dealkylation sites (N-methyl/N-ethyl adjacent to an activating group) is 1. The third kappa shape index (κ3) is 3.42. The van der Waals surface area contributed by atoms with E-state index in [2.05, 4.69) is 24.0 Å². The van der Waals surface area contributed by atoms with Gasteiger partial charge in [-0.2, -0.15) is 0 Å². The maximum absolute atomic E-state index is 13.0. The first-order valence-corrected chi connectivity index (χ1v) is 8.40. The van der Waals surface area contributed by atoms with Crippen molar-refractivity contribution in [3.63, 3.8) is 0 Å². The van der Waals surface area contributed by atoms with Crippen molar-refractivity contribution >= 4 is 5.91 Å². The lowest BCUT2D eigenvalue weighted by molar-refractivity contribution is -0.145. The molecular weight excluding hydrogens is 290 g/mol. The summed E-state index contributed by atoms with van der Waals surface area (Å²) < 4.78 is 5.40. The van der Waals surface area contributed by atoms with Crippen molar-refractivity contribution in [3.8, 4) is 0 Å². The molecule has 0 aromatic heterocycles. The molecule has 0 bridgehead atoms. The van der Waals surface area contributed by atoms with Crippen LogP contribution in [-0.4, -0.2) is 80.1 Å². The van der Waals surface area contributed by atoms with E-state index in [9.17, 15) is 4.79 Å². The molecule has 126 valence electrons. The molecule has 0 saturated carbocycles. The molecule has 0 radical (unpaired) electrons. The maximum atomic E-state index is 13.0. The van der Waals surface area contributed by atoms with Gasteiger partial charge in [0.25, 0.3) is 0 Å². The SMILES string of the molecule is Cc1ccccc1C(C(=O)N1CC(N2CCOCC2)C1)N(C)C. The first-order chi connectivity index (χ1) is 11.1. The number of likely N-dealkylation sites (tertiary alicyclic amines) is 1. The number of rotatable bonds is 4. The van der Waals surface area contributed by atoms with Gasteiger partial charge in [-0.1, -0.05) is 24.3 Å². The van der Waals surface area contributed by atoms with Gasteiger partial charge in [-0.15, -0.1) is 0 Å². The van der Waals surface area contributed by atoms with Crippen molar-refractivity contribution in [2.75, 3.05) is 53.5 Å². The summed E-state index contributed by atoms with van der Waals surface area (Å²) in [6.07, 6.45) is 0. The number of ether oxygens (including phenoxy) is 1. The van der Waals surface area contributed by atoms with Crippen LogP contribution < -0.4 is 0 Å². The van der Waals surface area contributed by atoms with Crippen LogP contribution >= 0.6 is 0 Å². The normalized spacial score (nSPS) is 21.3. The Balaban J connectivity index is 1.65. The van der Waals surface area contributed by atoms with Crippen molar-refractivity contribution in [1.29, 1.82) is 0 Å². The number of carbonyl (C=O) groups excluding carboxylic acids is 1. The lowest BCUT2D eigenvalue weighted by atomic mass is 9.97. The Kier molecular flexibility index (Phi) is 4.99. The zero-order chi connectivity index (χ0) is 16.4. The highest BCUT2D eigenvalue weighted by Gasteiger charge is 2.39. The molecule has 2 saturated heterocycles. The summed E-state index contributed by atoms with van der Waals surface area (Å²) in [6, 6.07) is 8.49. The van der Waals surface area contributed by atoms with E-state index in [1.165, 1.54) is 5.56 Å². The predicted octanol–water partition coefficient (Wildman–Crippen LogP) is 1.14. The fourth-order valence-corrected chi connectivity index (χ4v) is 3.51. The summed E-state index contributed by atoms with van der Waals surface area (Å²) in [4.78, 5) is 19.5. The number of hydrogen-bond acceptors (Lipinski definition) is 4. The molecule has 1 atom stereocenters. The fourth-order valence-electron chi connectivity index (χ4n) is 3.51. The van der Waals surface area contributed by atoms with Gasteiger partial charge in [0.15, 0.2) is 0 Å². The molecule has 5 heteroatoms. The van der Waals surface area contributed by atoms with Crippen molar-refractivity contribution in [1.82, 2.24) is 14.7 Å². The number of benzene rings is 1. The molecule has 0 aliphatic carbocycles. The zero-order valence-electron chi connectivity index (χ0n) is 14.4. The summed E-state index contributed by atoms with van der Waals surface area (Å²) >= 11 is 0. The van der Waals surface area contributed by atoms with Gasteiger partial charge in [0, 0.05) is 32.2 Å². The quantitative estimate of drug-likeness (QED) is 0.834. The number of amides is 1. The standard InChI is InChI=1S/C18H27N3O2/c1-14-6-4-5-7-16(14)17(19(2)3)18(22)21-12-15(13-21)20-8-10-23-11-9-20/h4-7,15,17H,8-13H2,1-3H3. The highest BCUT2D eigenvalue weighted by Crippen LogP contribution is 2.27. The van der Waals surface area contributed by atoms with Crippen LogP contribution in [0.2, 0.25) is 0 Å². The zero-order valence-corrected chi connectivity index (χ0v) is 14.4. The Labute approximate surface area is 138 Å². The molecule has 1 aromatic rings. The fraction of sp³-hybridized carbons (Fsp3) is 0.611. The third-order valence-electron chi connectivity index (χ3n) is 4.97. The largest absolute Gasteiger partial charge is 0.379 e. The highest BCUT2D eigenvalue weighted by atomic mass is 16.5. The molecule has 1 amide bonds. The molecular formula is C18H27N3O2. The molecule has 1 unspecified atom stereocenters. The smallest absolute Gasteiger partial charge is 0.244 e. The number of carbonyl (C=O) groups is 1. The number of hydrogen-bond donors (Lipinski definition) is 0. The van der Waals surface area contributed by atoms with Crippen molar-refractivity contribution in [3.05, 3.63) is 35.4 Å². The summed E-state index contributed by atoms with van der Waals surface area (Å²) in [7, 11) is 3.96. The monoisotopic (exact) mass is 317 g/mol. The Hall–Kier alpha value is -1.43. The van der Waals surface area contributed by atoms with E-state index in [1.807, 2.05) is 36.0 Å². The second-order valence-electron chi connectivity index (χ2n) is 6.77. The van der Waals surface area contributed by atoms with Crippen LogP contribution in [0.15, 0.2) is 24.3 Å². The molecule has 0 spiro atoms. The first-order valence-electron chi connectivity index (χ1n) is 8.40. The maximum Gasteiger partial charge on any atom is 0.244 e. The molecule has 1 aromatic carbocycles. The number of nitrogens with zero attached hydrogens (tertiary/aromatic N) is 3. The van der Waals surface area contributed by atoms with E-state index in [4.69, 9.17) is 4.74 Å². The van der Waals surface area contributed by atoms with Crippen LogP contribution in [0.4, 0.5) is 0 Å². The summed E-state index contributed by atoms with van der Waals surface area (Å²) in [5.41, 5.74) is 2.28. The highest BCUT2D eigenvalue weighted by molar-refractivity contribution is 5.84. The average molecular weight is 317 g/mol. The van der Waals surface area contributed by atoms with Crippen molar-refractivity contribution in [2.45, 2.75) is 19.0 Å². The third-order valence-corrected chi connectivity index (χ3v) is 4.97. The van der Waals surface area contributed by atoms with Gasteiger partial charge in [-0.05, 0) is 32.1 Å². The van der Waals surface area contributed by atoms with E-state index < -0.39 is 0 Å². The Morgan fingerprint density at radius 2 is 1.87 bits per heavy atom. The van der Waals surface area contributed by atoms with Gasteiger partial charge in [-0.25, -0.2) is 0 Å². The minimum atomic E-state index is -0.193. The van der Waals surface area contributed by atoms with E-state index in [0.717, 1.165) is 45.0 Å². The van der Waals surface area contributed by atoms with Gasteiger partial charge < -0.3 is 9.64 Å². The van der Waals surface area contributed by atoms with Gasteiger partial charge in [0.2, 0.25) is 5.91 Å². The summed E-state index contributed by atoms with van der Waals surface area (Å²) in [6.45, 7) is 7.36. The molecule has 23 heavy (non-hydrogen) atoms. The molecule has 2 heterocycles. The summed E-state index contributed by atoms with van der Waals surface area (Å²) in [5.74, 6) is 0.216. The molecule has 2 aliphatic rings. The average Bonchev–Trinajstić information content (AvgIpc) is 2.49. The van der Waals surface area contributed by atoms with Gasteiger partial charge in [0.1, 0.15) is 6.04 Å². The van der Waals surface area contributed by atoms with Crippen LogP contribution in [0.3, 0.4) is 0 Å². The second-order valence-corrected chi connectivity index (χ2v) is 6.77. The summed E-state index contributed by atoms with van der Waals surface area (Å²) in [5, 5.41) is 0. The molecule has 3 rings (SSSR count). The van der Waals surface area contributed by atoms with E-state index in [0.29, 0.717) is 6.04 Å². The van der Waals surface area contributed by atoms with Crippen LogP contribution in [-0.2, 0) is 9.53 Å². The van der Waals surface area contributed by atoms with Crippen LogP contribution in [0.1, 0.15) is 17.2 Å². The lowest BCUT2D eigenvalue weighted by Gasteiger charge is -2.48.